The van der Waals surface area contributed by atoms with E-state index < -0.39 is 5.41 Å². The first-order chi connectivity index (χ1) is 17.6. The van der Waals surface area contributed by atoms with E-state index in [9.17, 15) is 9.90 Å². The predicted octanol–water partition coefficient (Wildman–Crippen LogP) is 4.27. The Kier molecular flexibility index (Phi) is 6.19. The summed E-state index contributed by atoms with van der Waals surface area (Å²) in [5.41, 5.74) is 1.64. The van der Waals surface area contributed by atoms with Gasteiger partial charge in [0.15, 0.2) is 11.5 Å². The van der Waals surface area contributed by atoms with E-state index >= 15 is 0 Å². The predicted molar refractivity (Wildman–Crippen MR) is 136 cm³/mol. The van der Waals surface area contributed by atoms with Gasteiger partial charge in [-0.3, -0.25) is 9.69 Å². The topological polar surface area (TPSA) is 81.1 Å². The smallest absolute Gasteiger partial charge is 0.231 e. The van der Waals surface area contributed by atoms with Gasteiger partial charge < -0.3 is 19.3 Å². The molecule has 1 saturated carbocycles. The van der Waals surface area contributed by atoms with Crippen LogP contribution in [0.3, 0.4) is 0 Å². The molecule has 1 aromatic heterocycles. The summed E-state index contributed by atoms with van der Waals surface area (Å²) < 4.78 is 16.7. The van der Waals surface area contributed by atoms with Crippen molar-refractivity contribution in [3.63, 3.8) is 0 Å². The van der Waals surface area contributed by atoms with Crippen LogP contribution >= 0.6 is 11.3 Å². The summed E-state index contributed by atoms with van der Waals surface area (Å²) >= 11 is 1.60. The molecule has 36 heavy (non-hydrogen) atoms. The second-order valence-corrected chi connectivity index (χ2v) is 11.0. The highest BCUT2D eigenvalue weighted by molar-refractivity contribution is 7.11. The second kappa shape index (κ2) is 9.50. The lowest BCUT2D eigenvalue weighted by Gasteiger charge is -2.36. The van der Waals surface area contributed by atoms with Crippen LogP contribution in [0.15, 0.2) is 48.7 Å². The summed E-state index contributed by atoms with van der Waals surface area (Å²) in [4.78, 5) is 21.7. The minimum Gasteiger partial charge on any atom is -0.496 e. The van der Waals surface area contributed by atoms with Gasteiger partial charge in [0.2, 0.25) is 6.79 Å². The fraction of sp³-hybridized carbons (Fsp3) is 0.429. The molecular weight excluding hydrogens is 476 g/mol. The Bertz CT molecular complexity index is 1260. The van der Waals surface area contributed by atoms with E-state index in [0.29, 0.717) is 6.42 Å². The fourth-order valence-electron chi connectivity index (χ4n) is 5.45. The number of hydrogen-bond donors (Lipinski definition) is 1. The van der Waals surface area contributed by atoms with Crippen molar-refractivity contribution in [2.75, 3.05) is 27.0 Å². The maximum absolute atomic E-state index is 13.5. The van der Waals surface area contributed by atoms with Crippen LogP contribution in [0.4, 0.5) is 0 Å². The van der Waals surface area contributed by atoms with Crippen molar-refractivity contribution in [2.24, 2.45) is 0 Å². The molecule has 3 aliphatic rings. The van der Waals surface area contributed by atoms with E-state index in [1.54, 1.807) is 18.4 Å². The Morgan fingerprint density at radius 3 is 2.75 bits per heavy atom. The number of para-hydroxylation sites is 1. The Balaban J connectivity index is 1.25. The van der Waals surface area contributed by atoms with Crippen molar-refractivity contribution in [1.82, 2.24) is 9.88 Å². The van der Waals surface area contributed by atoms with E-state index in [1.165, 1.54) is 0 Å². The van der Waals surface area contributed by atoms with Gasteiger partial charge in [-0.05, 0) is 49.4 Å². The zero-order valence-corrected chi connectivity index (χ0v) is 21.1. The molecule has 7 nitrogen and oxygen atoms in total. The maximum Gasteiger partial charge on any atom is 0.231 e. The number of methoxy groups -OCH3 is 1. The summed E-state index contributed by atoms with van der Waals surface area (Å²) in [6, 6.07) is 13.9. The molecule has 2 fully saturated rings. The van der Waals surface area contributed by atoms with Gasteiger partial charge >= 0.3 is 0 Å². The van der Waals surface area contributed by atoms with E-state index in [2.05, 4.69) is 11.0 Å². The number of Topliss-reactive ketones (excluding diaryl/α,β-unsaturated/α-hetero) is 1. The molecule has 1 atom stereocenters. The Hall–Kier alpha value is -2.94. The SMILES string of the molecule is COc1ccccc1C(c1cnc(CC(=O)C2(c3ccc4c(c3)OCO4)CC2)s1)N1CCC(O)CC1. The van der Waals surface area contributed by atoms with Gasteiger partial charge in [0, 0.05) is 29.7 Å². The van der Waals surface area contributed by atoms with Gasteiger partial charge in [-0.25, -0.2) is 4.98 Å². The van der Waals surface area contributed by atoms with Crippen LogP contribution < -0.4 is 14.2 Å². The Morgan fingerprint density at radius 1 is 1.19 bits per heavy atom. The second-order valence-electron chi connectivity index (χ2n) is 9.82. The molecule has 0 bridgehead atoms. The van der Waals surface area contributed by atoms with E-state index in [1.807, 2.05) is 42.6 Å². The van der Waals surface area contributed by atoms with Crippen molar-refractivity contribution in [3.8, 4) is 17.2 Å². The number of piperidine rings is 1. The summed E-state index contributed by atoms with van der Waals surface area (Å²) in [7, 11) is 1.69. The molecule has 1 saturated heterocycles. The van der Waals surface area contributed by atoms with E-state index in [0.717, 1.165) is 77.0 Å². The molecule has 0 amide bonds. The van der Waals surface area contributed by atoms with Crippen LogP contribution in [-0.2, 0) is 16.6 Å². The number of ketones is 1. The zero-order chi connectivity index (χ0) is 24.7. The molecule has 1 unspecified atom stereocenters. The van der Waals surface area contributed by atoms with Crippen LogP contribution in [0, 0.1) is 0 Å². The highest BCUT2D eigenvalue weighted by Crippen LogP contribution is 2.52. The first-order valence-corrected chi connectivity index (χ1v) is 13.3. The molecule has 0 radical (unpaired) electrons. The summed E-state index contributed by atoms with van der Waals surface area (Å²) in [6.07, 6.45) is 5.17. The van der Waals surface area contributed by atoms with Crippen LogP contribution in [0.2, 0.25) is 0 Å². The number of carbonyl (C=O) groups excluding carboxylic acids is 1. The Morgan fingerprint density at radius 2 is 1.97 bits per heavy atom. The van der Waals surface area contributed by atoms with Crippen LogP contribution in [0.5, 0.6) is 17.2 Å². The van der Waals surface area contributed by atoms with Crippen molar-refractivity contribution < 1.29 is 24.1 Å². The summed E-state index contributed by atoms with van der Waals surface area (Å²) in [5.74, 6) is 2.49. The highest BCUT2D eigenvalue weighted by Gasteiger charge is 2.51. The lowest BCUT2D eigenvalue weighted by molar-refractivity contribution is -0.120. The van der Waals surface area contributed by atoms with Gasteiger partial charge in [-0.1, -0.05) is 24.3 Å². The number of carbonyl (C=O) groups is 1. The number of likely N-dealkylation sites (tertiary alicyclic amines) is 1. The van der Waals surface area contributed by atoms with Crippen LogP contribution in [-0.4, -0.2) is 53.9 Å². The van der Waals surface area contributed by atoms with Crippen LogP contribution in [0.25, 0.3) is 0 Å². The van der Waals surface area contributed by atoms with Gasteiger partial charge in [-0.2, -0.15) is 0 Å². The number of thiazole rings is 1. The molecule has 0 spiro atoms. The number of aromatic nitrogens is 1. The molecule has 3 aromatic rings. The lowest BCUT2D eigenvalue weighted by Crippen LogP contribution is -2.38. The van der Waals surface area contributed by atoms with Gasteiger partial charge in [-0.15, -0.1) is 11.3 Å². The molecule has 8 heteroatoms. The number of nitrogens with zero attached hydrogens (tertiary/aromatic N) is 2. The van der Waals surface area contributed by atoms with Gasteiger partial charge in [0.1, 0.15) is 16.5 Å². The third kappa shape index (κ3) is 4.27. The number of ether oxygens (including phenoxy) is 3. The quantitative estimate of drug-likeness (QED) is 0.489. The Labute approximate surface area is 214 Å². The van der Waals surface area contributed by atoms with E-state index in [4.69, 9.17) is 19.2 Å². The standard InChI is InChI=1S/C28H30N2O5S/c1-33-21-5-3-2-4-20(21)27(30-12-8-19(31)9-13-30)24-16-29-26(36-24)15-25(32)28(10-11-28)18-6-7-22-23(14-18)35-17-34-22/h2-7,14,16,19,27,31H,8-13,15,17H2,1H3. The zero-order valence-electron chi connectivity index (χ0n) is 20.3. The van der Waals surface area contributed by atoms with Crippen molar-refractivity contribution in [2.45, 2.75) is 49.7 Å². The van der Waals surface area contributed by atoms with Gasteiger partial charge in [0.25, 0.3) is 0 Å². The number of rotatable bonds is 8. The monoisotopic (exact) mass is 506 g/mol. The number of aliphatic hydroxyl groups excluding tert-OH is 1. The van der Waals surface area contributed by atoms with Crippen molar-refractivity contribution in [3.05, 3.63) is 69.7 Å². The molecule has 3 heterocycles. The maximum atomic E-state index is 13.5. The third-order valence-electron chi connectivity index (χ3n) is 7.66. The van der Waals surface area contributed by atoms with Gasteiger partial charge in [0.05, 0.1) is 31.1 Å². The number of fused-ring (bicyclic) bond motifs is 1. The highest BCUT2D eigenvalue weighted by atomic mass is 32.1. The first-order valence-electron chi connectivity index (χ1n) is 12.5. The molecular formula is C28H30N2O5S. The normalized spacial score (nSPS) is 19.7. The molecule has 188 valence electrons. The summed E-state index contributed by atoms with van der Waals surface area (Å²) in [6.45, 7) is 1.82. The number of benzene rings is 2. The molecule has 6 rings (SSSR count). The minimum atomic E-state index is -0.447. The average molecular weight is 507 g/mol. The van der Waals surface area contributed by atoms with Crippen molar-refractivity contribution in [1.29, 1.82) is 0 Å². The fourth-order valence-corrected chi connectivity index (χ4v) is 6.53. The molecule has 2 aromatic carbocycles. The van der Waals surface area contributed by atoms with Crippen molar-refractivity contribution >= 4 is 17.1 Å². The molecule has 1 aliphatic carbocycles. The summed E-state index contributed by atoms with van der Waals surface area (Å²) in [5, 5.41) is 10.9. The lowest BCUT2D eigenvalue weighted by atomic mass is 9.89. The van der Waals surface area contributed by atoms with Crippen LogP contribution in [0.1, 0.15) is 52.7 Å². The number of hydrogen-bond acceptors (Lipinski definition) is 8. The third-order valence-corrected chi connectivity index (χ3v) is 8.71. The average Bonchev–Trinajstić information content (AvgIpc) is 3.37. The minimum absolute atomic E-state index is 0.0289. The van der Waals surface area contributed by atoms with E-state index in [-0.39, 0.29) is 24.7 Å². The largest absolute Gasteiger partial charge is 0.496 e. The molecule has 2 aliphatic heterocycles. The first kappa shape index (κ1) is 23.5. The molecule has 1 N–H and O–H groups in total. The number of aliphatic hydroxyl groups is 1.